The van der Waals surface area contributed by atoms with Crippen LogP contribution >= 0.6 is 0 Å². The predicted octanol–water partition coefficient (Wildman–Crippen LogP) is 6.61. The molecule has 0 heterocycles. The molecule has 0 bridgehead atoms. The highest BCUT2D eigenvalue weighted by Gasteiger charge is 2.32. The molecule has 1 rings (SSSR count). The highest BCUT2D eigenvalue weighted by Crippen LogP contribution is 2.37. The number of rotatable bonds is 7. The minimum atomic E-state index is -4.79. The Morgan fingerprint density at radius 2 is 1.68 bits per heavy atom. The molecular weight excluding hydrogens is 379 g/mol. The molecule has 1 aromatic rings. The number of aryl methyl sites for hydroxylation is 2. The van der Waals surface area contributed by atoms with E-state index in [-0.39, 0.29) is 12.2 Å². The Balaban J connectivity index is 3.51. The lowest BCUT2D eigenvalue weighted by molar-refractivity contribution is -0.143. The van der Waals surface area contributed by atoms with Crippen molar-refractivity contribution in [3.8, 4) is 0 Å². The highest BCUT2D eigenvalue weighted by molar-refractivity contribution is 5.83. The lowest BCUT2D eigenvalue weighted by Gasteiger charge is -2.17. The van der Waals surface area contributed by atoms with Gasteiger partial charge in [0.2, 0.25) is 0 Å². The van der Waals surface area contributed by atoms with Gasteiger partial charge in [0.1, 0.15) is 5.83 Å². The van der Waals surface area contributed by atoms with E-state index >= 15 is 0 Å². The van der Waals surface area contributed by atoms with Crippen LogP contribution in [0.25, 0.3) is 5.57 Å². The molecule has 2 nitrogen and oxygen atoms in total. The summed E-state index contributed by atoms with van der Waals surface area (Å²) in [7, 11) is 0. The monoisotopic (exact) mass is 402 g/mol. The molecular formula is C21H23F5O2. The normalized spacial score (nSPS) is 13.2. The molecule has 0 atom stereocenters. The fourth-order valence-electron chi connectivity index (χ4n) is 2.57. The van der Waals surface area contributed by atoms with E-state index in [0.29, 0.717) is 22.8 Å². The summed E-state index contributed by atoms with van der Waals surface area (Å²) in [5, 5.41) is 0. The summed E-state index contributed by atoms with van der Waals surface area (Å²) < 4.78 is 72.9. The molecule has 0 unspecified atom stereocenters. The molecule has 0 saturated carbocycles. The molecule has 0 radical (unpaired) electrons. The maximum absolute atomic E-state index is 14.9. The minimum Gasteiger partial charge on any atom is -0.466 e. The van der Waals surface area contributed by atoms with Gasteiger partial charge >= 0.3 is 12.1 Å². The van der Waals surface area contributed by atoms with Gasteiger partial charge in [0.25, 0.3) is 0 Å². The molecule has 0 saturated heterocycles. The maximum Gasteiger partial charge on any atom is 0.415 e. The van der Waals surface area contributed by atoms with Gasteiger partial charge < -0.3 is 4.74 Å². The van der Waals surface area contributed by atoms with Crippen molar-refractivity contribution >= 4 is 11.5 Å². The zero-order valence-corrected chi connectivity index (χ0v) is 16.3. The Hall–Kier alpha value is -2.44. The first-order chi connectivity index (χ1) is 12.9. The molecule has 0 amide bonds. The van der Waals surface area contributed by atoms with Gasteiger partial charge in [0.05, 0.1) is 13.0 Å². The third kappa shape index (κ3) is 6.04. The summed E-state index contributed by atoms with van der Waals surface area (Å²) in [5.74, 6) is -3.50. The van der Waals surface area contributed by atoms with Gasteiger partial charge in [-0.15, -0.1) is 0 Å². The van der Waals surface area contributed by atoms with Gasteiger partial charge in [-0.1, -0.05) is 18.7 Å². The number of hydrogen-bond acceptors (Lipinski definition) is 2. The summed E-state index contributed by atoms with van der Waals surface area (Å²) in [6.07, 6.45) is -5.34. The molecule has 0 aromatic heterocycles. The average molecular weight is 402 g/mol. The fraction of sp³-hybridized carbons (Fsp3) is 0.381. The van der Waals surface area contributed by atoms with Crippen molar-refractivity contribution < 1.29 is 31.5 Å². The van der Waals surface area contributed by atoms with Crippen LogP contribution in [0.5, 0.6) is 0 Å². The van der Waals surface area contributed by atoms with Crippen LogP contribution in [0.15, 0.2) is 42.0 Å². The first kappa shape index (κ1) is 23.6. The van der Waals surface area contributed by atoms with E-state index in [1.54, 1.807) is 39.8 Å². The second kappa shape index (κ2) is 9.66. The number of alkyl halides is 3. The Kier molecular flexibility index (Phi) is 8.14. The van der Waals surface area contributed by atoms with Crippen molar-refractivity contribution in [1.29, 1.82) is 0 Å². The van der Waals surface area contributed by atoms with Crippen LogP contribution in [0, 0.1) is 20.8 Å². The number of carbonyl (C=O) groups excluding carboxylic acids is 1. The van der Waals surface area contributed by atoms with E-state index in [9.17, 15) is 26.7 Å². The third-order valence-corrected chi connectivity index (χ3v) is 4.22. The van der Waals surface area contributed by atoms with Crippen molar-refractivity contribution in [1.82, 2.24) is 0 Å². The molecule has 0 aliphatic heterocycles. The molecule has 0 N–H and O–H groups in total. The number of ether oxygens (including phenoxy) is 1. The minimum absolute atomic E-state index is 0.0882. The van der Waals surface area contributed by atoms with E-state index in [1.165, 1.54) is 0 Å². The van der Waals surface area contributed by atoms with Gasteiger partial charge in [0.15, 0.2) is 5.83 Å². The Labute approximate surface area is 161 Å². The van der Waals surface area contributed by atoms with E-state index in [4.69, 9.17) is 0 Å². The molecule has 1 aromatic carbocycles. The quantitative estimate of drug-likeness (QED) is 0.291. The number of allylic oxidation sites excluding steroid dienone is 5. The molecule has 7 heteroatoms. The van der Waals surface area contributed by atoms with Crippen LogP contribution in [0.4, 0.5) is 22.0 Å². The topological polar surface area (TPSA) is 26.3 Å². The Bertz CT molecular complexity index is 817. The second-order valence-corrected chi connectivity index (χ2v) is 6.30. The van der Waals surface area contributed by atoms with Crippen LogP contribution in [-0.2, 0) is 9.53 Å². The van der Waals surface area contributed by atoms with Crippen LogP contribution in [0.1, 0.15) is 42.0 Å². The van der Waals surface area contributed by atoms with Crippen molar-refractivity contribution in [3.05, 3.63) is 64.3 Å². The molecule has 154 valence electrons. The lowest BCUT2D eigenvalue weighted by Crippen LogP contribution is -2.10. The lowest BCUT2D eigenvalue weighted by atomic mass is 9.90. The average Bonchev–Trinajstić information content (AvgIpc) is 2.60. The van der Waals surface area contributed by atoms with Gasteiger partial charge in [-0.2, -0.15) is 13.2 Å². The van der Waals surface area contributed by atoms with E-state index in [2.05, 4.69) is 11.3 Å². The number of carbonyl (C=O) groups is 1. The predicted molar refractivity (Wildman–Crippen MR) is 98.9 cm³/mol. The highest BCUT2D eigenvalue weighted by atomic mass is 19.4. The third-order valence-electron chi connectivity index (χ3n) is 4.22. The molecule has 0 aliphatic carbocycles. The second-order valence-electron chi connectivity index (χ2n) is 6.30. The summed E-state index contributed by atoms with van der Waals surface area (Å²) in [5.41, 5.74) is 0.0174. The van der Waals surface area contributed by atoms with Crippen LogP contribution in [0.3, 0.4) is 0 Å². The van der Waals surface area contributed by atoms with Gasteiger partial charge in [0, 0.05) is 17.6 Å². The van der Waals surface area contributed by atoms with Crippen LogP contribution in [0.2, 0.25) is 0 Å². The van der Waals surface area contributed by atoms with E-state index in [1.807, 2.05) is 0 Å². The zero-order valence-electron chi connectivity index (χ0n) is 16.3. The summed E-state index contributed by atoms with van der Waals surface area (Å²) in [4.78, 5) is 11.4. The zero-order chi connectivity index (χ0) is 21.6. The van der Waals surface area contributed by atoms with Crippen LogP contribution < -0.4 is 0 Å². The number of hydrogen-bond donors (Lipinski definition) is 0. The Morgan fingerprint density at radius 1 is 1.11 bits per heavy atom. The van der Waals surface area contributed by atoms with Crippen molar-refractivity contribution in [2.75, 3.05) is 6.61 Å². The Morgan fingerprint density at radius 3 is 2.21 bits per heavy atom. The number of halogens is 5. The first-order valence-electron chi connectivity index (χ1n) is 8.65. The van der Waals surface area contributed by atoms with Gasteiger partial charge in [-0.05, 0) is 56.0 Å². The van der Waals surface area contributed by atoms with E-state index < -0.39 is 47.8 Å². The van der Waals surface area contributed by atoms with Gasteiger partial charge in [-0.3, -0.25) is 4.79 Å². The fourth-order valence-corrected chi connectivity index (χ4v) is 2.57. The largest absolute Gasteiger partial charge is 0.466 e. The summed E-state index contributed by atoms with van der Waals surface area (Å²) in [6.45, 7) is 9.51. The first-order valence-corrected chi connectivity index (χ1v) is 8.65. The van der Waals surface area contributed by atoms with Crippen molar-refractivity contribution in [2.45, 2.75) is 46.7 Å². The number of benzene rings is 1. The SMILES string of the molecule is C=C(/C=C(\C(F)=C(/F)CCC(=O)OCC)c1c(C)ccc(C)c1C)C(F)(F)F. The van der Waals surface area contributed by atoms with E-state index in [0.717, 1.165) is 0 Å². The molecule has 0 fully saturated rings. The van der Waals surface area contributed by atoms with Crippen LogP contribution in [-0.4, -0.2) is 18.8 Å². The molecule has 0 spiro atoms. The standard InChI is InChI=1S/C21H23F5O2/c1-6-28-18(27)10-9-17(22)20(23)16(11-14(4)21(24,25)26)19-13(3)8-7-12(2)15(19)5/h7-8,11H,4,6,9-10H2,1-3,5H3/b16-11-,20-17+. The number of esters is 1. The summed E-state index contributed by atoms with van der Waals surface area (Å²) >= 11 is 0. The summed E-state index contributed by atoms with van der Waals surface area (Å²) in [6, 6.07) is 3.36. The maximum atomic E-state index is 14.9. The molecule has 0 aliphatic rings. The smallest absolute Gasteiger partial charge is 0.415 e. The van der Waals surface area contributed by atoms with Crippen molar-refractivity contribution in [3.63, 3.8) is 0 Å². The van der Waals surface area contributed by atoms with Gasteiger partial charge in [-0.25, -0.2) is 8.78 Å². The van der Waals surface area contributed by atoms with Crippen molar-refractivity contribution in [2.24, 2.45) is 0 Å². The molecule has 28 heavy (non-hydrogen) atoms.